The van der Waals surface area contributed by atoms with Crippen molar-refractivity contribution in [2.24, 2.45) is 11.7 Å². The Bertz CT molecular complexity index is 407. The molecule has 0 radical (unpaired) electrons. The van der Waals surface area contributed by atoms with Crippen molar-refractivity contribution in [3.8, 4) is 0 Å². The molecule has 106 valence electrons. The van der Waals surface area contributed by atoms with Crippen LogP contribution < -0.4 is 5.73 Å². The third-order valence-corrected chi connectivity index (χ3v) is 2.94. The summed E-state index contributed by atoms with van der Waals surface area (Å²) in [5, 5.41) is 0. The zero-order chi connectivity index (χ0) is 12.1. The molecule has 1 aliphatic carbocycles. The molecule has 1 aliphatic rings. The van der Waals surface area contributed by atoms with E-state index in [0.717, 1.165) is 12.0 Å². The molecule has 1 aromatic heterocycles. The van der Waals surface area contributed by atoms with Gasteiger partial charge in [0.25, 0.3) is 0 Å². The van der Waals surface area contributed by atoms with E-state index in [1.54, 1.807) is 24.5 Å². The Kier molecular flexibility index (Phi) is 7.91. The minimum Gasteiger partial charge on any atom is -0.330 e. The molecule has 2 nitrogen and oxygen atoms in total. The molecule has 2 rings (SSSR count). The predicted octanol–water partition coefficient (Wildman–Crippen LogP) is 3.27. The number of hydrogen-bond donors (Lipinski definition) is 1. The highest BCUT2D eigenvalue weighted by Gasteiger charge is 2.26. The van der Waals surface area contributed by atoms with Crippen LogP contribution in [-0.2, 0) is 6.42 Å². The molecule has 0 aliphatic heterocycles. The minimum absolute atomic E-state index is 0. The molecule has 2 N–H and O–H groups in total. The zero-order valence-electron chi connectivity index (χ0n) is 10.5. The SMILES string of the molecule is Cl.Cl.NCCC1C=CC(F)(Cc2cccnc2)C=C1. The van der Waals surface area contributed by atoms with Crippen molar-refractivity contribution < 1.29 is 4.39 Å². The highest BCUT2D eigenvalue weighted by molar-refractivity contribution is 5.85. The average molecular weight is 305 g/mol. The summed E-state index contributed by atoms with van der Waals surface area (Å²) >= 11 is 0. The van der Waals surface area contributed by atoms with Gasteiger partial charge >= 0.3 is 0 Å². The summed E-state index contributed by atoms with van der Waals surface area (Å²) in [4.78, 5) is 3.99. The van der Waals surface area contributed by atoms with E-state index in [1.165, 1.54) is 0 Å². The monoisotopic (exact) mass is 304 g/mol. The molecule has 0 amide bonds. The number of halogens is 3. The van der Waals surface area contributed by atoms with Crippen molar-refractivity contribution >= 4 is 24.8 Å². The van der Waals surface area contributed by atoms with Crippen LogP contribution in [0.15, 0.2) is 48.8 Å². The molecule has 19 heavy (non-hydrogen) atoms. The quantitative estimate of drug-likeness (QED) is 0.867. The van der Waals surface area contributed by atoms with E-state index in [2.05, 4.69) is 4.98 Å². The first-order chi connectivity index (χ1) is 8.22. The number of hydrogen-bond acceptors (Lipinski definition) is 2. The normalized spacial score (nSPS) is 24.4. The van der Waals surface area contributed by atoms with Crippen LogP contribution in [0, 0.1) is 5.92 Å². The molecule has 0 spiro atoms. The maximum Gasteiger partial charge on any atom is 0.151 e. The average Bonchev–Trinajstić information content (AvgIpc) is 2.34. The topological polar surface area (TPSA) is 38.9 Å². The van der Waals surface area contributed by atoms with Gasteiger partial charge in [-0.3, -0.25) is 4.98 Å². The largest absolute Gasteiger partial charge is 0.330 e. The van der Waals surface area contributed by atoms with Gasteiger partial charge in [0, 0.05) is 18.8 Å². The first-order valence-corrected chi connectivity index (χ1v) is 5.88. The second kappa shape index (κ2) is 8.31. The van der Waals surface area contributed by atoms with E-state index in [1.807, 2.05) is 24.3 Å². The van der Waals surface area contributed by atoms with Crippen LogP contribution in [0.25, 0.3) is 0 Å². The summed E-state index contributed by atoms with van der Waals surface area (Å²) in [7, 11) is 0. The molecule has 0 bridgehead atoms. The number of aromatic nitrogens is 1. The Morgan fingerprint density at radius 2 is 1.95 bits per heavy atom. The number of alkyl halides is 1. The lowest BCUT2D eigenvalue weighted by molar-refractivity contribution is 0.290. The van der Waals surface area contributed by atoms with Crippen LogP contribution in [-0.4, -0.2) is 17.2 Å². The lowest BCUT2D eigenvalue weighted by Crippen LogP contribution is -2.23. The van der Waals surface area contributed by atoms with Gasteiger partial charge in [0.05, 0.1) is 0 Å². The van der Waals surface area contributed by atoms with Crippen molar-refractivity contribution in [3.05, 3.63) is 54.4 Å². The molecule has 0 saturated heterocycles. The van der Waals surface area contributed by atoms with Crippen molar-refractivity contribution in [3.63, 3.8) is 0 Å². The van der Waals surface area contributed by atoms with Crippen LogP contribution >= 0.6 is 24.8 Å². The van der Waals surface area contributed by atoms with E-state index in [9.17, 15) is 4.39 Å². The molecular weight excluding hydrogens is 286 g/mol. The van der Waals surface area contributed by atoms with Crippen molar-refractivity contribution in [2.75, 3.05) is 6.54 Å². The molecule has 0 saturated carbocycles. The van der Waals surface area contributed by atoms with Crippen molar-refractivity contribution in [2.45, 2.75) is 18.5 Å². The fourth-order valence-electron chi connectivity index (χ4n) is 2.01. The van der Waals surface area contributed by atoms with Gasteiger partial charge in [0.15, 0.2) is 5.67 Å². The van der Waals surface area contributed by atoms with Crippen LogP contribution in [0.4, 0.5) is 4.39 Å². The van der Waals surface area contributed by atoms with Crippen LogP contribution in [0.2, 0.25) is 0 Å². The van der Waals surface area contributed by atoms with E-state index in [0.29, 0.717) is 13.0 Å². The van der Waals surface area contributed by atoms with Gasteiger partial charge in [-0.1, -0.05) is 18.2 Å². The molecule has 5 heteroatoms. The Labute approximate surface area is 125 Å². The second-order valence-electron chi connectivity index (χ2n) is 4.42. The Morgan fingerprint density at radius 1 is 1.26 bits per heavy atom. The third-order valence-electron chi connectivity index (χ3n) is 2.94. The number of nitrogens with two attached hydrogens (primary N) is 1. The lowest BCUT2D eigenvalue weighted by Gasteiger charge is -2.23. The summed E-state index contributed by atoms with van der Waals surface area (Å²) in [6.07, 6.45) is 11.7. The number of allylic oxidation sites excluding steroid dienone is 4. The number of pyridine rings is 1. The summed E-state index contributed by atoms with van der Waals surface area (Å²) in [6.45, 7) is 0.626. The fraction of sp³-hybridized carbons (Fsp3) is 0.357. The molecular formula is C14H19Cl2FN2. The highest BCUT2D eigenvalue weighted by Crippen LogP contribution is 2.27. The molecule has 0 atom stereocenters. The van der Waals surface area contributed by atoms with Gasteiger partial charge in [-0.25, -0.2) is 4.39 Å². The molecule has 0 unspecified atom stereocenters. The van der Waals surface area contributed by atoms with Gasteiger partial charge < -0.3 is 5.73 Å². The first kappa shape index (κ1) is 18.1. The van der Waals surface area contributed by atoms with Crippen LogP contribution in [0.5, 0.6) is 0 Å². The van der Waals surface area contributed by atoms with E-state index in [-0.39, 0.29) is 30.7 Å². The van der Waals surface area contributed by atoms with Gasteiger partial charge in [-0.15, -0.1) is 24.8 Å². The Balaban J connectivity index is 0.00000162. The Hall–Kier alpha value is -0.900. The van der Waals surface area contributed by atoms with Crippen molar-refractivity contribution in [1.29, 1.82) is 0 Å². The lowest BCUT2D eigenvalue weighted by atomic mass is 9.88. The van der Waals surface area contributed by atoms with E-state index in [4.69, 9.17) is 5.73 Å². The predicted molar refractivity (Wildman–Crippen MR) is 81.7 cm³/mol. The smallest absolute Gasteiger partial charge is 0.151 e. The molecule has 1 aromatic rings. The summed E-state index contributed by atoms with van der Waals surface area (Å²) in [6, 6.07) is 3.72. The van der Waals surface area contributed by atoms with Crippen molar-refractivity contribution in [1.82, 2.24) is 4.98 Å². The Morgan fingerprint density at radius 3 is 2.47 bits per heavy atom. The fourth-order valence-corrected chi connectivity index (χ4v) is 2.01. The highest BCUT2D eigenvalue weighted by atomic mass is 35.5. The maximum atomic E-state index is 14.4. The molecule has 1 heterocycles. The van der Waals surface area contributed by atoms with Crippen LogP contribution in [0.1, 0.15) is 12.0 Å². The third kappa shape index (κ3) is 5.31. The van der Waals surface area contributed by atoms with Gasteiger partial charge in [-0.2, -0.15) is 0 Å². The van der Waals surface area contributed by atoms with E-state index < -0.39 is 5.67 Å². The maximum absolute atomic E-state index is 14.4. The molecule has 0 aromatic carbocycles. The van der Waals surface area contributed by atoms with Gasteiger partial charge in [-0.05, 0) is 42.7 Å². The standard InChI is InChI=1S/C14H17FN2.2ClH/c15-14(10-13-2-1-9-17-11-13)6-3-12(4-7-14)5-8-16;;/h1-4,6-7,9,11-12H,5,8,10,16H2;2*1H. The minimum atomic E-state index is -1.38. The van der Waals surface area contributed by atoms with Gasteiger partial charge in [0.2, 0.25) is 0 Å². The molecule has 0 fully saturated rings. The summed E-state index contributed by atoms with van der Waals surface area (Å²) < 4.78 is 14.4. The number of rotatable bonds is 4. The van der Waals surface area contributed by atoms with Crippen LogP contribution in [0.3, 0.4) is 0 Å². The zero-order valence-corrected chi connectivity index (χ0v) is 12.2. The van der Waals surface area contributed by atoms with Gasteiger partial charge in [0.1, 0.15) is 0 Å². The second-order valence-corrected chi connectivity index (χ2v) is 4.42. The first-order valence-electron chi connectivity index (χ1n) is 5.88. The number of nitrogens with zero attached hydrogens (tertiary/aromatic N) is 1. The summed E-state index contributed by atoms with van der Waals surface area (Å²) in [5.74, 6) is 0.276. The van der Waals surface area contributed by atoms with E-state index >= 15 is 0 Å². The summed E-state index contributed by atoms with van der Waals surface area (Å²) in [5.41, 5.74) is 5.00.